The number of unbranched alkanes of at least 4 members (excludes halogenated alkanes) is 16. The number of carbonyl (C=O) groups excluding carboxylic acids is 3. The van der Waals surface area contributed by atoms with Gasteiger partial charge in [-0.1, -0.05) is 109 Å². The van der Waals surface area contributed by atoms with E-state index in [2.05, 4.69) is 51.6 Å². The molecule has 338 valence electrons. The number of hydrogen-bond donors (Lipinski definition) is 6. The molecule has 1 fully saturated rings. The molecule has 0 aliphatic carbocycles. The number of amides is 3. The quantitative estimate of drug-likeness (QED) is 0.0286. The van der Waals surface area contributed by atoms with Crippen LogP contribution in [0.4, 0.5) is 17.2 Å². The number of carbonyl (C=O) groups is 3. The van der Waals surface area contributed by atoms with Gasteiger partial charge in [0, 0.05) is 67.8 Å². The average Bonchev–Trinajstić information content (AvgIpc) is 3.68. The molecule has 4 rings (SSSR count). The van der Waals surface area contributed by atoms with Crippen LogP contribution in [-0.2, 0) is 9.59 Å². The van der Waals surface area contributed by atoms with E-state index in [9.17, 15) is 24.6 Å². The lowest BCUT2D eigenvalue weighted by molar-refractivity contribution is -0.123. The molecule has 12 nitrogen and oxygen atoms in total. The third kappa shape index (κ3) is 18.2. The van der Waals surface area contributed by atoms with E-state index in [0.717, 1.165) is 73.8 Å². The van der Waals surface area contributed by atoms with Gasteiger partial charge in [-0.25, -0.2) is 4.98 Å². The molecule has 12 heteroatoms. The van der Waals surface area contributed by atoms with Crippen molar-refractivity contribution in [2.75, 3.05) is 48.3 Å². The van der Waals surface area contributed by atoms with Gasteiger partial charge < -0.3 is 40.9 Å². The van der Waals surface area contributed by atoms with Crippen molar-refractivity contribution in [3.05, 3.63) is 60.4 Å². The van der Waals surface area contributed by atoms with Gasteiger partial charge in [0.1, 0.15) is 5.69 Å². The van der Waals surface area contributed by atoms with Gasteiger partial charge >= 0.3 is 0 Å². The number of piperazine rings is 1. The highest BCUT2D eigenvalue weighted by Crippen LogP contribution is 2.26. The molecule has 0 bridgehead atoms. The summed E-state index contributed by atoms with van der Waals surface area (Å²) in [6.07, 6.45) is 25.8. The molecule has 1 aliphatic rings. The maximum absolute atomic E-state index is 13.5. The number of H-pyrrole nitrogens is 1. The SMILES string of the molecule is CCCCCCCCCCCCC/C=C/[C@@H](O)C(CO)NC(=O)CCCCCCCCC(=O)Nc1ccc2[nH]c(C(=O)N3CCN(c4ncccc4NC(C)C)CC3)cc2c1. The van der Waals surface area contributed by atoms with Crippen molar-refractivity contribution in [2.24, 2.45) is 0 Å². The summed E-state index contributed by atoms with van der Waals surface area (Å²) < 4.78 is 0. The van der Waals surface area contributed by atoms with Crippen molar-refractivity contribution < 1.29 is 24.6 Å². The molecule has 61 heavy (non-hydrogen) atoms. The van der Waals surface area contributed by atoms with Gasteiger partial charge in [-0.2, -0.15) is 0 Å². The van der Waals surface area contributed by atoms with Crippen molar-refractivity contribution in [3.8, 4) is 0 Å². The van der Waals surface area contributed by atoms with Crippen LogP contribution in [0.2, 0.25) is 0 Å². The molecule has 2 atom stereocenters. The highest BCUT2D eigenvalue weighted by Gasteiger charge is 2.25. The highest BCUT2D eigenvalue weighted by molar-refractivity contribution is 6.00. The molecule has 0 spiro atoms. The Hall–Kier alpha value is -4.42. The summed E-state index contributed by atoms with van der Waals surface area (Å²) in [5.41, 5.74) is 3.09. The van der Waals surface area contributed by atoms with Gasteiger partial charge in [-0.05, 0) is 75.9 Å². The number of aromatic nitrogens is 2. The summed E-state index contributed by atoms with van der Waals surface area (Å²) in [6, 6.07) is 11.1. The van der Waals surface area contributed by atoms with Crippen molar-refractivity contribution in [1.82, 2.24) is 20.2 Å². The van der Waals surface area contributed by atoms with E-state index in [0.29, 0.717) is 56.4 Å². The molecule has 6 N–H and O–H groups in total. The van der Waals surface area contributed by atoms with Crippen LogP contribution >= 0.6 is 0 Å². The molecule has 1 saturated heterocycles. The monoisotopic (exact) mass is 844 g/mol. The van der Waals surface area contributed by atoms with Crippen LogP contribution < -0.4 is 20.9 Å². The zero-order chi connectivity index (χ0) is 43.7. The first-order chi connectivity index (χ1) is 29.7. The van der Waals surface area contributed by atoms with Gasteiger partial charge in [-0.3, -0.25) is 14.4 Å². The summed E-state index contributed by atoms with van der Waals surface area (Å²) in [6.45, 7) is 8.74. The molecule has 1 aliphatic heterocycles. The predicted molar refractivity (Wildman–Crippen MR) is 250 cm³/mol. The highest BCUT2D eigenvalue weighted by atomic mass is 16.3. The maximum atomic E-state index is 13.5. The summed E-state index contributed by atoms with van der Waals surface area (Å²) in [7, 11) is 0. The molecule has 0 radical (unpaired) electrons. The number of nitrogens with zero attached hydrogens (tertiary/aromatic N) is 3. The lowest BCUT2D eigenvalue weighted by Crippen LogP contribution is -2.49. The first-order valence-electron chi connectivity index (χ1n) is 23.6. The van der Waals surface area contributed by atoms with E-state index in [1.54, 1.807) is 12.3 Å². The van der Waals surface area contributed by atoms with Crippen LogP contribution in [0.1, 0.15) is 160 Å². The fraction of sp³-hybridized carbons (Fsp3) is 0.633. The van der Waals surface area contributed by atoms with E-state index in [1.807, 2.05) is 47.4 Å². The largest absolute Gasteiger partial charge is 0.394 e. The topological polar surface area (TPSA) is 163 Å². The van der Waals surface area contributed by atoms with E-state index in [1.165, 1.54) is 64.2 Å². The van der Waals surface area contributed by atoms with E-state index in [4.69, 9.17) is 0 Å². The fourth-order valence-electron chi connectivity index (χ4n) is 8.01. The zero-order valence-corrected chi connectivity index (χ0v) is 37.6. The normalized spacial score (nSPS) is 14.2. The predicted octanol–water partition coefficient (Wildman–Crippen LogP) is 9.50. The lowest BCUT2D eigenvalue weighted by Gasteiger charge is -2.36. The molecule has 2 aromatic heterocycles. The van der Waals surface area contributed by atoms with Crippen LogP contribution in [-0.4, -0.2) is 93.8 Å². The minimum atomic E-state index is -0.905. The van der Waals surface area contributed by atoms with Crippen molar-refractivity contribution in [2.45, 2.75) is 167 Å². The Morgan fingerprint density at radius 1 is 0.803 bits per heavy atom. The molecule has 3 heterocycles. The smallest absolute Gasteiger partial charge is 0.270 e. The standard InChI is InChI=1S/C49H77N7O5/c1-4-5-6-7-8-9-10-11-12-13-14-17-20-25-45(58)44(37-57)54-47(60)27-22-19-16-15-18-21-26-46(59)52-40-28-29-41-39(35-40)36-43(53-41)49(61)56-33-31-55(32-34-56)48-42(51-38(2)3)24-23-30-50-48/h20,23-25,28-30,35-36,38,44-45,51,53,57-58H,4-19,21-22,26-27,31-34,37H2,1-3H3,(H,52,59)(H,54,60)/b25-20+/t44?,45-/m1/s1. The lowest BCUT2D eigenvalue weighted by atomic mass is 10.0. The van der Waals surface area contributed by atoms with Gasteiger partial charge in [0.15, 0.2) is 5.82 Å². The Morgan fingerprint density at radius 2 is 1.43 bits per heavy atom. The number of aliphatic hydroxyl groups excluding tert-OH is 2. The minimum absolute atomic E-state index is 0.0371. The molecule has 3 amide bonds. The number of anilines is 3. The minimum Gasteiger partial charge on any atom is -0.394 e. The van der Waals surface area contributed by atoms with Crippen molar-refractivity contribution in [1.29, 1.82) is 0 Å². The first-order valence-corrected chi connectivity index (χ1v) is 23.6. The van der Waals surface area contributed by atoms with Crippen LogP contribution in [0.5, 0.6) is 0 Å². The third-order valence-electron chi connectivity index (χ3n) is 11.6. The second-order valence-corrected chi connectivity index (χ2v) is 17.2. The summed E-state index contributed by atoms with van der Waals surface area (Å²) in [5.74, 6) is 0.685. The number of benzene rings is 1. The maximum Gasteiger partial charge on any atom is 0.270 e. The van der Waals surface area contributed by atoms with Gasteiger partial charge in [0.2, 0.25) is 11.8 Å². The van der Waals surface area contributed by atoms with E-state index in [-0.39, 0.29) is 24.3 Å². The van der Waals surface area contributed by atoms with E-state index < -0.39 is 12.1 Å². The number of rotatable bonds is 30. The van der Waals surface area contributed by atoms with Gasteiger partial charge in [-0.15, -0.1) is 0 Å². The van der Waals surface area contributed by atoms with Gasteiger partial charge in [0.05, 0.1) is 24.4 Å². The van der Waals surface area contributed by atoms with Crippen molar-refractivity contribution >= 4 is 45.8 Å². The Balaban J connectivity index is 1.03. The van der Waals surface area contributed by atoms with Crippen LogP contribution in [0, 0.1) is 0 Å². The zero-order valence-electron chi connectivity index (χ0n) is 37.6. The number of hydrogen-bond acceptors (Lipinski definition) is 8. The Bertz CT molecular complexity index is 1750. The molecule has 1 aromatic carbocycles. The second kappa shape index (κ2) is 28.2. The Morgan fingerprint density at radius 3 is 2.07 bits per heavy atom. The molecular formula is C49H77N7O5. The number of pyridine rings is 1. The second-order valence-electron chi connectivity index (χ2n) is 17.2. The Kier molecular flexibility index (Phi) is 22.8. The average molecular weight is 844 g/mol. The van der Waals surface area contributed by atoms with Crippen LogP contribution in [0.15, 0.2) is 54.7 Å². The van der Waals surface area contributed by atoms with Crippen LogP contribution in [0.25, 0.3) is 10.9 Å². The molecule has 3 aromatic rings. The summed E-state index contributed by atoms with van der Waals surface area (Å²) >= 11 is 0. The summed E-state index contributed by atoms with van der Waals surface area (Å²) in [5, 5.41) is 30.4. The molecular weight excluding hydrogens is 767 g/mol. The molecule has 0 saturated carbocycles. The number of fused-ring (bicyclic) bond motifs is 1. The number of nitrogens with one attached hydrogen (secondary N) is 4. The first kappa shape index (κ1) is 49.2. The number of aromatic amines is 1. The Labute approximate surface area is 365 Å². The fourth-order valence-corrected chi connectivity index (χ4v) is 8.01. The summed E-state index contributed by atoms with van der Waals surface area (Å²) in [4.78, 5) is 50.7. The number of aliphatic hydroxyl groups is 2. The van der Waals surface area contributed by atoms with E-state index >= 15 is 0 Å². The van der Waals surface area contributed by atoms with Crippen LogP contribution in [0.3, 0.4) is 0 Å². The van der Waals surface area contributed by atoms with Crippen molar-refractivity contribution in [3.63, 3.8) is 0 Å². The molecule has 1 unspecified atom stereocenters. The third-order valence-corrected chi connectivity index (χ3v) is 11.6. The van der Waals surface area contributed by atoms with Gasteiger partial charge in [0.25, 0.3) is 5.91 Å². The number of allylic oxidation sites excluding steroid dienone is 1.